The van der Waals surface area contributed by atoms with E-state index in [1.54, 1.807) is 0 Å². The van der Waals surface area contributed by atoms with E-state index in [4.69, 9.17) is 5.73 Å². The Balaban J connectivity index is 1.96. The standard InChI is InChI=1S/C13H20N6O/c1-3-9-7-18(5-4-10(9)14)11-6-12-16-17-13(20)19(12)8(2)15-11/h6,9-10H,3-5,7,14H2,1-2H3,(H,17,20). The topological polar surface area (TPSA) is 92.3 Å². The molecule has 3 N–H and O–H groups in total. The average Bonchev–Trinajstić information content (AvgIpc) is 2.81. The van der Waals surface area contributed by atoms with Gasteiger partial charge in [0.05, 0.1) is 0 Å². The molecule has 7 heteroatoms. The molecule has 1 aliphatic heterocycles. The molecule has 0 bridgehead atoms. The van der Waals surface area contributed by atoms with E-state index in [2.05, 4.69) is 27.0 Å². The molecule has 1 aliphatic rings. The molecule has 2 atom stereocenters. The Hall–Kier alpha value is -1.89. The Morgan fingerprint density at radius 1 is 1.55 bits per heavy atom. The number of piperidine rings is 1. The second-order valence-electron chi connectivity index (χ2n) is 5.45. The van der Waals surface area contributed by atoms with Gasteiger partial charge in [-0.3, -0.25) is 0 Å². The van der Waals surface area contributed by atoms with Crippen molar-refractivity contribution in [2.24, 2.45) is 11.7 Å². The Bertz CT molecular complexity index is 675. The second kappa shape index (κ2) is 4.90. The molecule has 2 aromatic rings. The highest BCUT2D eigenvalue weighted by atomic mass is 16.1. The van der Waals surface area contributed by atoms with Crippen LogP contribution in [0.15, 0.2) is 10.9 Å². The molecule has 0 spiro atoms. The third-order valence-electron chi connectivity index (χ3n) is 4.20. The van der Waals surface area contributed by atoms with E-state index in [-0.39, 0.29) is 11.7 Å². The van der Waals surface area contributed by atoms with Gasteiger partial charge in [-0.15, -0.1) is 0 Å². The van der Waals surface area contributed by atoms with Crippen molar-refractivity contribution in [2.75, 3.05) is 18.0 Å². The van der Waals surface area contributed by atoms with Crippen LogP contribution in [0, 0.1) is 12.8 Å². The second-order valence-corrected chi connectivity index (χ2v) is 5.45. The van der Waals surface area contributed by atoms with Gasteiger partial charge in [0.25, 0.3) is 0 Å². The maximum absolute atomic E-state index is 11.6. The summed E-state index contributed by atoms with van der Waals surface area (Å²) in [5.41, 5.74) is 6.51. The molecule has 2 unspecified atom stereocenters. The zero-order chi connectivity index (χ0) is 14.3. The number of rotatable bonds is 2. The molecule has 2 aromatic heterocycles. The lowest BCUT2D eigenvalue weighted by Gasteiger charge is -2.37. The lowest BCUT2D eigenvalue weighted by Crippen LogP contribution is -2.47. The fraction of sp³-hybridized carbons (Fsp3) is 0.615. The summed E-state index contributed by atoms with van der Waals surface area (Å²) in [6.45, 7) is 5.80. The minimum absolute atomic E-state index is 0.247. The van der Waals surface area contributed by atoms with Gasteiger partial charge in [0, 0.05) is 25.2 Å². The number of nitrogens with zero attached hydrogens (tertiary/aromatic N) is 4. The first-order valence-corrected chi connectivity index (χ1v) is 7.05. The maximum Gasteiger partial charge on any atom is 0.349 e. The number of aryl methyl sites for hydroxylation is 1. The fourth-order valence-electron chi connectivity index (χ4n) is 2.93. The van der Waals surface area contributed by atoms with Crippen LogP contribution < -0.4 is 16.3 Å². The Morgan fingerprint density at radius 3 is 3.10 bits per heavy atom. The largest absolute Gasteiger partial charge is 0.356 e. The van der Waals surface area contributed by atoms with Crippen LogP contribution in [0.3, 0.4) is 0 Å². The van der Waals surface area contributed by atoms with Gasteiger partial charge in [-0.05, 0) is 19.3 Å². The smallest absolute Gasteiger partial charge is 0.349 e. The van der Waals surface area contributed by atoms with Crippen molar-refractivity contribution in [1.29, 1.82) is 0 Å². The number of anilines is 1. The van der Waals surface area contributed by atoms with Gasteiger partial charge < -0.3 is 10.6 Å². The van der Waals surface area contributed by atoms with Crippen LogP contribution in [0.2, 0.25) is 0 Å². The Morgan fingerprint density at radius 2 is 2.35 bits per heavy atom. The first-order chi connectivity index (χ1) is 9.60. The van der Waals surface area contributed by atoms with Crippen LogP contribution in [-0.4, -0.2) is 38.7 Å². The summed E-state index contributed by atoms with van der Waals surface area (Å²) in [5, 5.41) is 6.48. The molecule has 1 saturated heterocycles. The van der Waals surface area contributed by atoms with Crippen molar-refractivity contribution in [1.82, 2.24) is 19.6 Å². The number of hydrogen-bond acceptors (Lipinski definition) is 5. The lowest BCUT2D eigenvalue weighted by molar-refractivity contribution is 0.346. The van der Waals surface area contributed by atoms with Crippen molar-refractivity contribution in [3.05, 3.63) is 22.4 Å². The van der Waals surface area contributed by atoms with Crippen molar-refractivity contribution in [3.63, 3.8) is 0 Å². The third kappa shape index (κ3) is 2.07. The van der Waals surface area contributed by atoms with Gasteiger partial charge in [-0.25, -0.2) is 19.3 Å². The zero-order valence-electron chi connectivity index (χ0n) is 11.8. The molecular formula is C13H20N6O. The summed E-state index contributed by atoms with van der Waals surface area (Å²) >= 11 is 0. The fourth-order valence-corrected chi connectivity index (χ4v) is 2.93. The highest BCUT2D eigenvalue weighted by Gasteiger charge is 2.26. The quantitative estimate of drug-likeness (QED) is 0.822. The van der Waals surface area contributed by atoms with E-state index in [9.17, 15) is 4.79 Å². The highest BCUT2D eigenvalue weighted by molar-refractivity contribution is 5.51. The van der Waals surface area contributed by atoms with E-state index >= 15 is 0 Å². The van der Waals surface area contributed by atoms with E-state index < -0.39 is 0 Å². The molecule has 0 aliphatic carbocycles. The van der Waals surface area contributed by atoms with Gasteiger partial charge in [0.2, 0.25) is 0 Å². The Labute approximate surface area is 116 Å². The van der Waals surface area contributed by atoms with Crippen LogP contribution in [-0.2, 0) is 0 Å². The lowest BCUT2D eigenvalue weighted by atomic mass is 9.91. The van der Waals surface area contributed by atoms with Crippen LogP contribution in [0.1, 0.15) is 25.6 Å². The average molecular weight is 276 g/mol. The number of nitrogens with two attached hydrogens (primary N) is 1. The maximum atomic E-state index is 11.6. The van der Waals surface area contributed by atoms with Gasteiger partial charge in [-0.2, -0.15) is 5.10 Å². The number of hydrogen-bond donors (Lipinski definition) is 2. The van der Waals surface area contributed by atoms with E-state index in [1.165, 1.54) is 4.40 Å². The number of aromatic amines is 1. The highest BCUT2D eigenvalue weighted by Crippen LogP contribution is 2.23. The van der Waals surface area contributed by atoms with Crippen molar-refractivity contribution in [3.8, 4) is 0 Å². The van der Waals surface area contributed by atoms with Crippen LogP contribution in [0.25, 0.3) is 5.65 Å². The monoisotopic (exact) mass is 276 g/mol. The molecule has 1 fully saturated rings. The molecule has 3 heterocycles. The molecule has 3 rings (SSSR count). The zero-order valence-corrected chi connectivity index (χ0v) is 11.8. The SMILES string of the molecule is CCC1CN(c2cc3n[nH]c(=O)n3c(C)n2)CCC1N. The van der Waals surface area contributed by atoms with Crippen LogP contribution >= 0.6 is 0 Å². The summed E-state index contributed by atoms with van der Waals surface area (Å²) in [5.74, 6) is 2.02. The van der Waals surface area contributed by atoms with Crippen molar-refractivity contribution < 1.29 is 0 Å². The van der Waals surface area contributed by atoms with E-state index in [0.29, 0.717) is 17.4 Å². The predicted octanol–water partition coefficient (Wildman–Crippen LogP) is 0.290. The summed E-state index contributed by atoms with van der Waals surface area (Å²) in [6.07, 6.45) is 2.04. The molecule has 7 nitrogen and oxygen atoms in total. The number of fused-ring (bicyclic) bond motifs is 1. The molecular weight excluding hydrogens is 256 g/mol. The van der Waals surface area contributed by atoms with Gasteiger partial charge in [-0.1, -0.05) is 13.3 Å². The molecule has 0 aromatic carbocycles. The molecule has 0 amide bonds. The number of aromatic nitrogens is 4. The molecule has 108 valence electrons. The first-order valence-electron chi connectivity index (χ1n) is 7.05. The number of nitrogens with one attached hydrogen (secondary N) is 1. The summed E-state index contributed by atoms with van der Waals surface area (Å²) in [4.78, 5) is 18.4. The van der Waals surface area contributed by atoms with Gasteiger partial charge >= 0.3 is 5.69 Å². The predicted molar refractivity (Wildman–Crippen MR) is 76.9 cm³/mol. The normalized spacial score (nSPS) is 23.4. The number of H-pyrrole nitrogens is 1. The van der Waals surface area contributed by atoms with E-state index in [1.807, 2.05) is 13.0 Å². The third-order valence-corrected chi connectivity index (χ3v) is 4.20. The van der Waals surface area contributed by atoms with E-state index in [0.717, 1.165) is 31.7 Å². The van der Waals surface area contributed by atoms with Crippen LogP contribution in [0.4, 0.5) is 5.82 Å². The van der Waals surface area contributed by atoms with Gasteiger partial charge in [0.15, 0.2) is 5.65 Å². The Kier molecular flexibility index (Phi) is 3.21. The summed E-state index contributed by atoms with van der Waals surface area (Å²) < 4.78 is 1.48. The molecule has 0 saturated carbocycles. The van der Waals surface area contributed by atoms with Crippen molar-refractivity contribution >= 4 is 11.5 Å². The van der Waals surface area contributed by atoms with Crippen molar-refractivity contribution in [2.45, 2.75) is 32.7 Å². The minimum Gasteiger partial charge on any atom is -0.356 e. The van der Waals surface area contributed by atoms with Gasteiger partial charge in [0.1, 0.15) is 11.6 Å². The summed E-state index contributed by atoms with van der Waals surface area (Å²) in [7, 11) is 0. The molecule has 0 radical (unpaired) electrons. The summed E-state index contributed by atoms with van der Waals surface area (Å²) in [6, 6.07) is 2.13. The first kappa shape index (κ1) is 13.1. The molecule has 20 heavy (non-hydrogen) atoms. The minimum atomic E-state index is -0.247. The van der Waals surface area contributed by atoms with Crippen LogP contribution in [0.5, 0.6) is 0 Å².